The minimum atomic E-state index is -3.22. The molecular formula is C28H57NO7P+. The molecule has 9 heteroatoms. The van der Waals surface area contributed by atoms with Crippen molar-refractivity contribution in [2.24, 2.45) is 0 Å². The maximum atomic E-state index is 11.6. The molecule has 0 aliphatic rings. The van der Waals surface area contributed by atoms with E-state index in [1.807, 2.05) is 28.1 Å². The second-order valence-electron chi connectivity index (χ2n) is 11.5. The number of likely N-dealkylation sites (N-methyl/N-ethyl adjacent to an activating group) is 1. The first-order valence-electron chi connectivity index (χ1n) is 14.6. The maximum Gasteiger partial charge on any atom is 0.489 e. The van der Waals surface area contributed by atoms with Gasteiger partial charge < -0.3 is 24.0 Å². The Kier molecular flexibility index (Phi) is 21.8. The first kappa shape index (κ1) is 36.4. The number of nitrogens with zero attached hydrogens (tertiary/aromatic N) is 1. The maximum absolute atomic E-state index is 11.6. The van der Waals surface area contributed by atoms with Crippen LogP contribution in [0.3, 0.4) is 0 Å². The zero-order valence-electron chi connectivity index (χ0n) is 24.5. The number of aliphatic carboxylic acids is 1. The van der Waals surface area contributed by atoms with Gasteiger partial charge in [-0.15, -0.1) is 4.52 Å². The number of unbranched alkanes of at least 4 members (excludes halogenated alkanes) is 13. The largest absolute Gasteiger partial charge is 0.566 e. The Morgan fingerprint density at radius 1 is 0.892 bits per heavy atom. The van der Waals surface area contributed by atoms with Crippen LogP contribution in [-0.4, -0.2) is 74.8 Å². The van der Waals surface area contributed by atoms with E-state index in [-0.39, 0.29) is 19.6 Å². The van der Waals surface area contributed by atoms with Gasteiger partial charge >= 0.3 is 14.2 Å². The Morgan fingerprint density at radius 3 is 1.78 bits per heavy atom. The van der Waals surface area contributed by atoms with Gasteiger partial charge in [-0.3, -0.25) is 4.79 Å². The molecule has 0 aliphatic heterocycles. The fourth-order valence-electron chi connectivity index (χ4n) is 5.02. The summed E-state index contributed by atoms with van der Waals surface area (Å²) in [5.74, 6) is -1.11. The summed E-state index contributed by atoms with van der Waals surface area (Å²) in [5.41, 5.74) is -1.39. The smallest absolute Gasteiger partial charge is 0.489 e. The summed E-state index contributed by atoms with van der Waals surface area (Å²) in [5, 5.41) is 9.47. The van der Waals surface area contributed by atoms with E-state index in [1.165, 1.54) is 77.0 Å². The van der Waals surface area contributed by atoms with E-state index in [1.54, 1.807) is 0 Å². The molecule has 0 radical (unpaired) electrons. The summed E-state index contributed by atoms with van der Waals surface area (Å²) in [4.78, 5) is 23.1. The summed E-state index contributed by atoms with van der Waals surface area (Å²) < 4.78 is 28.7. The van der Waals surface area contributed by atoms with Gasteiger partial charge in [-0.25, -0.2) is 0 Å². The predicted octanol–water partition coefficient (Wildman–Crippen LogP) is 6.23. The van der Waals surface area contributed by atoms with E-state index in [0.29, 0.717) is 17.7 Å². The van der Waals surface area contributed by atoms with Crippen molar-refractivity contribution in [2.75, 3.05) is 47.5 Å². The van der Waals surface area contributed by atoms with Crippen molar-refractivity contribution in [3.05, 3.63) is 0 Å². The molecule has 0 heterocycles. The topological polar surface area (TPSA) is 105 Å². The van der Waals surface area contributed by atoms with Crippen LogP contribution >= 0.6 is 8.25 Å². The summed E-state index contributed by atoms with van der Waals surface area (Å²) >= 11 is 0. The van der Waals surface area contributed by atoms with Gasteiger partial charge in [0, 0.05) is 19.6 Å². The third kappa shape index (κ3) is 23.0. The van der Waals surface area contributed by atoms with Gasteiger partial charge in [-0.1, -0.05) is 90.4 Å². The van der Waals surface area contributed by atoms with Gasteiger partial charge in [0.2, 0.25) is 0 Å². The van der Waals surface area contributed by atoms with E-state index in [2.05, 4.69) is 6.92 Å². The zero-order chi connectivity index (χ0) is 28.0. The van der Waals surface area contributed by atoms with Crippen LogP contribution in [0.4, 0.5) is 0 Å². The van der Waals surface area contributed by atoms with E-state index in [0.717, 1.165) is 12.8 Å². The molecule has 0 aromatic rings. The van der Waals surface area contributed by atoms with Crippen LogP contribution in [0.15, 0.2) is 0 Å². The Balaban J connectivity index is 4.27. The molecule has 8 nitrogen and oxygen atoms in total. The van der Waals surface area contributed by atoms with Gasteiger partial charge in [0.15, 0.2) is 5.60 Å². The molecule has 0 aromatic heterocycles. The molecule has 0 rings (SSSR count). The standard InChI is InChI=1S/C28H56NO7P/c1-6-8-9-10-11-12-13-14-15-16-17-18-19-20-21-34-24-26(35-7-2)22-28(23-27(30)31,36-37(32)33)25-29(3,4)5/h26H,6-25H2,1-5H3/p+1. The van der Waals surface area contributed by atoms with Crippen molar-refractivity contribution in [3.8, 4) is 0 Å². The molecule has 0 fully saturated rings. The molecule has 0 aliphatic carbocycles. The van der Waals surface area contributed by atoms with Crippen LogP contribution in [0.5, 0.6) is 0 Å². The van der Waals surface area contributed by atoms with Crippen molar-refractivity contribution in [1.29, 1.82) is 0 Å². The summed E-state index contributed by atoms with van der Waals surface area (Å²) in [6.45, 7) is 5.64. The van der Waals surface area contributed by atoms with Crippen LogP contribution in [0, 0.1) is 0 Å². The van der Waals surface area contributed by atoms with Crippen molar-refractivity contribution in [2.45, 2.75) is 128 Å². The molecular weight excluding hydrogens is 493 g/mol. The molecule has 0 saturated heterocycles. The van der Waals surface area contributed by atoms with Crippen LogP contribution < -0.4 is 4.89 Å². The molecule has 0 spiro atoms. The van der Waals surface area contributed by atoms with Crippen molar-refractivity contribution < 1.29 is 37.8 Å². The lowest BCUT2D eigenvalue weighted by atomic mass is 9.91. The SMILES string of the molecule is CCCCCCCCCCCCCCCCOCC(CC(CC(=O)O)(C[N+](C)(C)C)O[P+](=O)[O-])OCC. The van der Waals surface area contributed by atoms with E-state index < -0.39 is 32.4 Å². The Morgan fingerprint density at radius 2 is 1.38 bits per heavy atom. The lowest BCUT2D eigenvalue weighted by Crippen LogP contribution is -2.53. The molecule has 1 N–H and O–H groups in total. The number of carboxylic acid groups (broad SMARTS) is 1. The number of hydrogen-bond acceptors (Lipinski definition) is 6. The van der Waals surface area contributed by atoms with E-state index in [4.69, 9.17) is 14.0 Å². The Hall–Kier alpha value is -0.630. The second kappa shape index (κ2) is 22.2. The fourth-order valence-corrected chi connectivity index (χ4v) is 5.53. The highest BCUT2D eigenvalue weighted by atomic mass is 31.1. The number of rotatable bonds is 27. The number of ether oxygens (including phenoxy) is 2. The number of carbonyl (C=O) groups is 1. The Bertz CT molecular complexity index is 567. The monoisotopic (exact) mass is 550 g/mol. The summed E-state index contributed by atoms with van der Waals surface area (Å²) in [6, 6.07) is 0. The fraction of sp³-hybridized carbons (Fsp3) is 0.964. The normalized spacial score (nSPS) is 14.9. The quantitative estimate of drug-likeness (QED) is 0.0734. The number of hydrogen-bond donors (Lipinski definition) is 1. The second-order valence-corrected chi connectivity index (χ2v) is 12.1. The molecule has 3 atom stereocenters. The summed E-state index contributed by atoms with van der Waals surface area (Å²) in [7, 11) is 2.41. The molecule has 0 amide bonds. The third-order valence-electron chi connectivity index (χ3n) is 6.45. The van der Waals surface area contributed by atoms with Gasteiger partial charge in [0.25, 0.3) is 0 Å². The average molecular weight is 551 g/mol. The zero-order valence-corrected chi connectivity index (χ0v) is 25.4. The highest BCUT2D eigenvalue weighted by molar-refractivity contribution is 7.30. The van der Waals surface area contributed by atoms with Gasteiger partial charge in [-0.2, -0.15) is 0 Å². The molecule has 220 valence electrons. The van der Waals surface area contributed by atoms with E-state index in [9.17, 15) is 19.4 Å². The van der Waals surface area contributed by atoms with Gasteiger partial charge in [0.05, 0.1) is 40.3 Å². The molecule has 0 bridgehead atoms. The third-order valence-corrected chi connectivity index (χ3v) is 6.99. The van der Waals surface area contributed by atoms with Crippen molar-refractivity contribution in [3.63, 3.8) is 0 Å². The lowest BCUT2D eigenvalue weighted by Gasteiger charge is -2.36. The molecule has 3 unspecified atom stereocenters. The van der Waals surface area contributed by atoms with Crippen LogP contribution in [0.25, 0.3) is 0 Å². The van der Waals surface area contributed by atoms with Crippen molar-refractivity contribution >= 4 is 14.2 Å². The number of quaternary nitrogens is 1. The van der Waals surface area contributed by atoms with Gasteiger partial charge in [-0.05, 0) is 17.9 Å². The first-order valence-corrected chi connectivity index (χ1v) is 15.7. The number of carboxylic acids is 1. The first-order chi connectivity index (χ1) is 17.5. The lowest BCUT2D eigenvalue weighted by molar-refractivity contribution is -0.876. The average Bonchev–Trinajstić information content (AvgIpc) is 2.76. The minimum absolute atomic E-state index is 0.130. The predicted molar refractivity (Wildman–Crippen MR) is 148 cm³/mol. The minimum Gasteiger partial charge on any atom is -0.566 e. The van der Waals surface area contributed by atoms with Crippen molar-refractivity contribution in [1.82, 2.24) is 0 Å². The Labute approximate surface area is 228 Å². The molecule has 0 saturated carbocycles. The van der Waals surface area contributed by atoms with Crippen LogP contribution in [-0.2, 0) is 23.4 Å². The van der Waals surface area contributed by atoms with Crippen LogP contribution in [0.1, 0.15) is 117 Å². The van der Waals surface area contributed by atoms with Crippen LogP contribution in [0.2, 0.25) is 0 Å². The highest BCUT2D eigenvalue weighted by Gasteiger charge is 2.46. The van der Waals surface area contributed by atoms with Gasteiger partial charge in [0.1, 0.15) is 6.54 Å². The van der Waals surface area contributed by atoms with E-state index >= 15 is 0 Å². The molecule has 0 aromatic carbocycles. The highest BCUT2D eigenvalue weighted by Crippen LogP contribution is 2.34. The summed E-state index contributed by atoms with van der Waals surface area (Å²) in [6.07, 6.45) is 17.5. The molecule has 37 heavy (non-hydrogen) atoms.